The topological polar surface area (TPSA) is 69.6 Å². The van der Waals surface area contributed by atoms with E-state index in [1.54, 1.807) is 0 Å². The van der Waals surface area contributed by atoms with Gasteiger partial charge in [-0.25, -0.2) is 0 Å². The Labute approximate surface area is 167 Å². The Morgan fingerprint density at radius 1 is 1.29 bits per heavy atom. The van der Waals surface area contributed by atoms with Crippen LogP contribution in [0, 0.1) is 5.92 Å². The summed E-state index contributed by atoms with van der Waals surface area (Å²) in [5.74, 6) is -0.132. The van der Waals surface area contributed by atoms with E-state index in [2.05, 4.69) is 42.6 Å². The third-order valence-electron chi connectivity index (χ3n) is 5.94. The van der Waals surface area contributed by atoms with Crippen molar-refractivity contribution in [1.82, 2.24) is 10.2 Å². The normalized spacial score (nSPS) is 19.5. The minimum atomic E-state index is -0.788. The molecule has 28 heavy (non-hydrogen) atoms. The van der Waals surface area contributed by atoms with Gasteiger partial charge in [0.15, 0.2) is 0 Å². The molecular weight excluding hydrogens is 352 g/mol. The number of allylic oxidation sites excluding steroid dienone is 1. The Morgan fingerprint density at radius 3 is 2.93 bits per heavy atom. The summed E-state index contributed by atoms with van der Waals surface area (Å²) in [5.41, 5.74) is 4.17. The van der Waals surface area contributed by atoms with Crippen LogP contribution in [0.1, 0.15) is 68.2 Å². The number of aliphatic carboxylic acids is 1. The molecule has 0 spiro atoms. The molecular formula is C23H32N2O3. The Bertz CT molecular complexity index is 729. The van der Waals surface area contributed by atoms with Gasteiger partial charge in [0.25, 0.3) is 0 Å². The van der Waals surface area contributed by atoms with E-state index in [1.165, 1.54) is 16.7 Å². The molecule has 5 nitrogen and oxygen atoms in total. The lowest BCUT2D eigenvalue weighted by Crippen LogP contribution is -2.31. The van der Waals surface area contributed by atoms with E-state index in [9.17, 15) is 9.59 Å². The van der Waals surface area contributed by atoms with Gasteiger partial charge in [0.05, 0.1) is 0 Å². The number of aryl methyl sites for hydroxylation is 1. The van der Waals surface area contributed by atoms with Crippen molar-refractivity contribution in [3.05, 3.63) is 41.0 Å². The van der Waals surface area contributed by atoms with Crippen LogP contribution in [0.5, 0.6) is 0 Å². The number of fused-ring (bicyclic) bond motifs is 1. The fraction of sp³-hybridized carbons (Fsp3) is 0.565. The first-order valence-electron chi connectivity index (χ1n) is 10.6. The lowest BCUT2D eigenvalue weighted by Gasteiger charge is -2.22. The fourth-order valence-electron chi connectivity index (χ4n) is 4.26. The molecule has 152 valence electrons. The van der Waals surface area contributed by atoms with Crippen molar-refractivity contribution in [2.45, 2.75) is 57.9 Å². The average molecular weight is 385 g/mol. The molecule has 1 heterocycles. The summed E-state index contributed by atoms with van der Waals surface area (Å²) >= 11 is 0. The zero-order chi connectivity index (χ0) is 19.9. The Kier molecular flexibility index (Phi) is 7.26. The standard InChI is InChI=1S/C23H32N2O3/c1-17(20-10-6-8-19-7-2-3-9-21(19)20)24-15-18-13-14-25(16-18)22(26)11-4-5-12-23(27)28/h3,6,8-10,17-18,24H,2,4-5,7,11-16H2,1H3,(H,27,28)/t17-,18+/m1/s1. The molecule has 1 aliphatic heterocycles. The second-order valence-electron chi connectivity index (χ2n) is 8.09. The summed E-state index contributed by atoms with van der Waals surface area (Å²) in [5, 5.41) is 12.3. The number of amides is 1. The van der Waals surface area contributed by atoms with Crippen molar-refractivity contribution in [3.8, 4) is 0 Å². The molecule has 1 saturated heterocycles. The number of rotatable bonds is 9. The molecule has 1 amide bonds. The first kappa shape index (κ1) is 20.6. The van der Waals surface area contributed by atoms with Gasteiger partial charge in [0.2, 0.25) is 5.91 Å². The molecule has 2 N–H and O–H groups in total. The molecule has 0 saturated carbocycles. The van der Waals surface area contributed by atoms with Crippen LogP contribution in [0.4, 0.5) is 0 Å². The first-order chi connectivity index (χ1) is 13.5. The zero-order valence-corrected chi connectivity index (χ0v) is 16.8. The maximum Gasteiger partial charge on any atom is 0.303 e. The molecule has 0 unspecified atom stereocenters. The number of nitrogens with one attached hydrogen (secondary N) is 1. The molecule has 5 heteroatoms. The highest BCUT2D eigenvalue weighted by Crippen LogP contribution is 2.27. The highest BCUT2D eigenvalue weighted by atomic mass is 16.4. The minimum absolute atomic E-state index is 0.149. The van der Waals surface area contributed by atoms with Crippen LogP contribution >= 0.6 is 0 Å². The highest BCUT2D eigenvalue weighted by Gasteiger charge is 2.26. The van der Waals surface area contributed by atoms with Gasteiger partial charge in [-0.05, 0) is 61.6 Å². The van der Waals surface area contributed by atoms with Crippen molar-refractivity contribution < 1.29 is 14.7 Å². The average Bonchev–Trinajstić information content (AvgIpc) is 3.18. The molecule has 1 fully saturated rings. The zero-order valence-electron chi connectivity index (χ0n) is 16.8. The second kappa shape index (κ2) is 9.87. The molecule has 2 atom stereocenters. The maximum atomic E-state index is 12.3. The van der Waals surface area contributed by atoms with Crippen LogP contribution in [-0.4, -0.2) is 41.5 Å². The van der Waals surface area contributed by atoms with Gasteiger partial charge in [-0.1, -0.05) is 30.4 Å². The van der Waals surface area contributed by atoms with Crippen molar-refractivity contribution in [1.29, 1.82) is 0 Å². The number of carboxylic acids is 1. The lowest BCUT2D eigenvalue weighted by molar-refractivity contribution is -0.137. The van der Waals surface area contributed by atoms with Gasteiger partial charge in [0, 0.05) is 38.5 Å². The molecule has 1 aromatic carbocycles. The number of unbranched alkanes of at least 4 members (excludes halogenated alkanes) is 1. The number of carboxylic acid groups (broad SMARTS) is 1. The summed E-state index contributed by atoms with van der Waals surface area (Å²) in [6.07, 6.45) is 9.65. The van der Waals surface area contributed by atoms with Crippen LogP contribution in [0.15, 0.2) is 24.3 Å². The summed E-state index contributed by atoms with van der Waals surface area (Å²) in [6.45, 7) is 4.77. The third kappa shape index (κ3) is 5.44. The van der Waals surface area contributed by atoms with E-state index in [4.69, 9.17) is 5.11 Å². The number of carbonyl (C=O) groups excluding carboxylic acids is 1. The van der Waals surface area contributed by atoms with Gasteiger partial charge in [0.1, 0.15) is 0 Å². The van der Waals surface area contributed by atoms with Crippen LogP contribution in [-0.2, 0) is 16.0 Å². The number of carbonyl (C=O) groups is 2. The number of hydrogen-bond acceptors (Lipinski definition) is 3. The quantitative estimate of drug-likeness (QED) is 0.636. The molecule has 1 aromatic rings. The van der Waals surface area contributed by atoms with Gasteiger partial charge < -0.3 is 15.3 Å². The van der Waals surface area contributed by atoms with Crippen molar-refractivity contribution in [2.24, 2.45) is 5.92 Å². The van der Waals surface area contributed by atoms with Crippen molar-refractivity contribution >= 4 is 18.0 Å². The monoisotopic (exact) mass is 384 g/mol. The fourth-order valence-corrected chi connectivity index (χ4v) is 4.26. The molecule has 0 aromatic heterocycles. The SMILES string of the molecule is C[C@@H](NC[C@@H]1CCN(C(=O)CCCCC(=O)O)C1)c1cccc2c1C=CCC2. The lowest BCUT2D eigenvalue weighted by atomic mass is 9.90. The van der Waals surface area contributed by atoms with E-state index in [1.807, 2.05) is 4.90 Å². The molecule has 1 aliphatic carbocycles. The van der Waals surface area contributed by atoms with E-state index < -0.39 is 5.97 Å². The first-order valence-corrected chi connectivity index (χ1v) is 10.6. The number of benzene rings is 1. The predicted octanol–water partition coefficient (Wildman–Crippen LogP) is 3.79. The Morgan fingerprint density at radius 2 is 2.11 bits per heavy atom. The molecule has 0 radical (unpaired) electrons. The summed E-state index contributed by atoms with van der Waals surface area (Å²) in [7, 11) is 0. The van der Waals surface area contributed by atoms with Gasteiger partial charge in [-0.3, -0.25) is 9.59 Å². The maximum absolute atomic E-state index is 12.3. The van der Waals surface area contributed by atoms with Crippen molar-refractivity contribution in [3.63, 3.8) is 0 Å². The van der Waals surface area contributed by atoms with Crippen LogP contribution in [0.3, 0.4) is 0 Å². The van der Waals surface area contributed by atoms with E-state index in [0.29, 0.717) is 31.2 Å². The molecule has 0 bridgehead atoms. The van der Waals surface area contributed by atoms with Gasteiger partial charge in [-0.15, -0.1) is 0 Å². The van der Waals surface area contributed by atoms with Gasteiger partial charge >= 0.3 is 5.97 Å². The van der Waals surface area contributed by atoms with Crippen LogP contribution < -0.4 is 5.32 Å². The largest absolute Gasteiger partial charge is 0.481 e. The highest BCUT2D eigenvalue weighted by molar-refractivity contribution is 5.76. The Hall–Kier alpha value is -2.14. The van der Waals surface area contributed by atoms with E-state index >= 15 is 0 Å². The van der Waals surface area contributed by atoms with Crippen molar-refractivity contribution in [2.75, 3.05) is 19.6 Å². The van der Waals surface area contributed by atoms with E-state index in [0.717, 1.165) is 38.9 Å². The third-order valence-corrected chi connectivity index (χ3v) is 5.94. The smallest absolute Gasteiger partial charge is 0.303 e. The molecule has 2 aliphatic rings. The number of likely N-dealkylation sites (tertiary alicyclic amines) is 1. The summed E-state index contributed by atoms with van der Waals surface area (Å²) < 4.78 is 0. The Balaban J connectivity index is 1.43. The minimum Gasteiger partial charge on any atom is -0.481 e. The van der Waals surface area contributed by atoms with Crippen LogP contribution in [0.25, 0.3) is 6.08 Å². The molecule has 3 rings (SSSR count). The predicted molar refractivity (Wildman–Crippen MR) is 111 cm³/mol. The van der Waals surface area contributed by atoms with E-state index in [-0.39, 0.29) is 12.3 Å². The van der Waals surface area contributed by atoms with Crippen LogP contribution in [0.2, 0.25) is 0 Å². The van der Waals surface area contributed by atoms with Gasteiger partial charge in [-0.2, -0.15) is 0 Å². The summed E-state index contributed by atoms with van der Waals surface area (Å²) in [4.78, 5) is 24.8. The number of hydrogen-bond donors (Lipinski definition) is 2. The second-order valence-corrected chi connectivity index (χ2v) is 8.09. The number of nitrogens with zero attached hydrogens (tertiary/aromatic N) is 1. The summed E-state index contributed by atoms with van der Waals surface area (Å²) in [6, 6.07) is 6.89.